The molecule has 0 aliphatic rings. The molecule has 1 aromatic heterocycles. The molecule has 0 N–H and O–H groups in total. The van der Waals surface area contributed by atoms with Crippen LogP contribution in [0, 0.1) is 0 Å². The van der Waals surface area contributed by atoms with Crippen molar-refractivity contribution < 1.29 is 4.79 Å². The van der Waals surface area contributed by atoms with Gasteiger partial charge in [0.2, 0.25) is 5.91 Å². The first-order valence-corrected chi connectivity index (χ1v) is 7.29. The lowest BCUT2D eigenvalue weighted by molar-refractivity contribution is -0.118. The average molecular weight is 283 g/mol. The summed E-state index contributed by atoms with van der Waals surface area (Å²) in [6.45, 7) is 2.64. The van der Waals surface area contributed by atoms with Gasteiger partial charge in [-0.1, -0.05) is 12.1 Å². The number of anilines is 1. The molecule has 1 aromatic carbocycles. The quantitative estimate of drug-likeness (QED) is 0.784. The Morgan fingerprint density at radius 1 is 1.44 bits per heavy atom. The summed E-state index contributed by atoms with van der Waals surface area (Å²) in [5, 5.41) is 1.98. The molecule has 3 nitrogen and oxygen atoms in total. The molecule has 0 bridgehead atoms. The van der Waals surface area contributed by atoms with E-state index in [1.807, 2.05) is 31.2 Å². The van der Waals surface area contributed by atoms with Crippen LogP contribution in [0.4, 0.5) is 5.00 Å². The van der Waals surface area contributed by atoms with Gasteiger partial charge < -0.3 is 4.90 Å². The highest BCUT2D eigenvalue weighted by molar-refractivity contribution is 7.12. The monoisotopic (exact) mass is 282 g/mol. The van der Waals surface area contributed by atoms with Gasteiger partial charge in [0, 0.05) is 24.2 Å². The Morgan fingerprint density at radius 3 is 2.94 bits per heavy atom. The van der Waals surface area contributed by atoms with Crippen LogP contribution in [0.25, 0.3) is 10.9 Å². The maximum atomic E-state index is 12.1. The zero-order valence-electron chi connectivity index (χ0n) is 10.2. The minimum absolute atomic E-state index is 0.118. The standard InChI is InChI=1S/C13H15ClN2OS/c1-2-16(12(17)8-5-9-14)13-10-6-3-4-7-11(10)15-18-13/h3-4,6-7H,2,5,8-9H2,1H3. The fourth-order valence-corrected chi connectivity index (χ4v) is 2.93. The minimum Gasteiger partial charge on any atom is -0.302 e. The van der Waals surface area contributed by atoms with Gasteiger partial charge in [-0.25, -0.2) is 0 Å². The van der Waals surface area contributed by atoms with Crippen molar-refractivity contribution in [2.45, 2.75) is 19.8 Å². The van der Waals surface area contributed by atoms with Crippen molar-refractivity contribution >= 4 is 44.9 Å². The summed E-state index contributed by atoms with van der Waals surface area (Å²) in [4.78, 5) is 13.9. The van der Waals surface area contributed by atoms with Crippen LogP contribution in [-0.4, -0.2) is 22.7 Å². The molecule has 2 rings (SSSR count). The Morgan fingerprint density at radius 2 is 2.22 bits per heavy atom. The molecule has 0 saturated carbocycles. The average Bonchev–Trinajstić information content (AvgIpc) is 2.81. The van der Waals surface area contributed by atoms with Gasteiger partial charge >= 0.3 is 0 Å². The second-order valence-electron chi connectivity index (χ2n) is 3.94. The summed E-state index contributed by atoms with van der Waals surface area (Å²) in [7, 11) is 0. The van der Waals surface area contributed by atoms with Crippen molar-refractivity contribution in [2.75, 3.05) is 17.3 Å². The summed E-state index contributed by atoms with van der Waals surface area (Å²) in [5.74, 6) is 0.639. The number of alkyl halides is 1. The molecular weight excluding hydrogens is 268 g/mol. The molecule has 1 heterocycles. The number of aromatic nitrogens is 1. The van der Waals surface area contributed by atoms with E-state index < -0.39 is 0 Å². The summed E-state index contributed by atoms with van der Waals surface area (Å²) in [6, 6.07) is 7.90. The van der Waals surface area contributed by atoms with Gasteiger partial charge in [-0.2, -0.15) is 4.37 Å². The van der Waals surface area contributed by atoms with Crippen molar-refractivity contribution in [3.63, 3.8) is 0 Å². The largest absolute Gasteiger partial charge is 0.302 e. The Labute approximate surface area is 116 Å². The predicted molar refractivity (Wildman–Crippen MR) is 77.6 cm³/mol. The fourth-order valence-electron chi connectivity index (χ4n) is 1.86. The summed E-state index contributed by atoms with van der Waals surface area (Å²) < 4.78 is 4.37. The molecule has 0 unspecified atom stereocenters. The SMILES string of the molecule is CCN(C(=O)CCCCl)c1snc2ccccc12. The van der Waals surface area contributed by atoms with Gasteiger partial charge in [-0.3, -0.25) is 4.79 Å². The number of carbonyl (C=O) groups excluding carboxylic acids is 1. The van der Waals surface area contributed by atoms with Gasteiger partial charge in [0.1, 0.15) is 5.00 Å². The maximum Gasteiger partial charge on any atom is 0.227 e. The molecule has 5 heteroatoms. The van der Waals surface area contributed by atoms with E-state index in [-0.39, 0.29) is 5.91 Å². The van der Waals surface area contributed by atoms with Crippen LogP contribution < -0.4 is 4.90 Å². The van der Waals surface area contributed by atoms with Crippen LogP contribution in [0.5, 0.6) is 0 Å². The molecule has 18 heavy (non-hydrogen) atoms. The Balaban J connectivity index is 2.29. The third-order valence-electron chi connectivity index (χ3n) is 2.75. The molecule has 0 aliphatic carbocycles. The van der Waals surface area contributed by atoms with Crippen molar-refractivity contribution in [3.8, 4) is 0 Å². The lowest BCUT2D eigenvalue weighted by atomic mass is 10.2. The zero-order valence-corrected chi connectivity index (χ0v) is 11.8. The number of benzene rings is 1. The second-order valence-corrected chi connectivity index (χ2v) is 5.07. The number of halogens is 1. The third kappa shape index (κ3) is 2.65. The second kappa shape index (κ2) is 6.16. The number of nitrogens with zero attached hydrogens (tertiary/aromatic N) is 2. The van der Waals surface area contributed by atoms with Gasteiger partial charge in [-0.15, -0.1) is 11.6 Å². The third-order valence-corrected chi connectivity index (χ3v) is 3.92. The molecule has 0 radical (unpaired) electrons. The van der Waals surface area contributed by atoms with E-state index in [1.165, 1.54) is 11.5 Å². The highest BCUT2D eigenvalue weighted by Crippen LogP contribution is 2.31. The lowest BCUT2D eigenvalue weighted by Gasteiger charge is -2.18. The summed E-state index contributed by atoms with van der Waals surface area (Å²) in [5.41, 5.74) is 0.945. The van der Waals surface area contributed by atoms with Crippen LogP contribution in [0.3, 0.4) is 0 Å². The van der Waals surface area contributed by atoms with E-state index >= 15 is 0 Å². The Hall–Kier alpha value is -1.13. The molecule has 0 spiro atoms. The fraction of sp³-hybridized carbons (Fsp3) is 0.385. The van der Waals surface area contributed by atoms with Gasteiger partial charge in [0.25, 0.3) is 0 Å². The molecule has 2 aromatic rings. The first-order chi connectivity index (χ1) is 8.77. The van der Waals surface area contributed by atoms with Crippen LogP contribution in [0.1, 0.15) is 19.8 Å². The van der Waals surface area contributed by atoms with E-state index in [4.69, 9.17) is 11.6 Å². The first kappa shape index (κ1) is 13.3. The smallest absolute Gasteiger partial charge is 0.227 e. The maximum absolute atomic E-state index is 12.1. The normalized spacial score (nSPS) is 10.8. The van der Waals surface area contributed by atoms with Crippen molar-refractivity contribution in [3.05, 3.63) is 24.3 Å². The number of amides is 1. The molecule has 0 aliphatic heterocycles. The van der Waals surface area contributed by atoms with E-state index in [2.05, 4.69) is 4.37 Å². The lowest BCUT2D eigenvalue weighted by Crippen LogP contribution is -2.29. The van der Waals surface area contributed by atoms with Crippen LogP contribution >= 0.6 is 23.1 Å². The molecule has 0 saturated heterocycles. The molecule has 0 fully saturated rings. The van der Waals surface area contributed by atoms with Crippen LogP contribution in [-0.2, 0) is 4.79 Å². The first-order valence-electron chi connectivity index (χ1n) is 5.98. The summed E-state index contributed by atoms with van der Waals surface area (Å²) >= 11 is 7.01. The highest BCUT2D eigenvalue weighted by atomic mass is 35.5. The number of hydrogen-bond acceptors (Lipinski definition) is 3. The van der Waals surface area contributed by atoms with Crippen molar-refractivity contribution in [1.29, 1.82) is 0 Å². The number of hydrogen-bond donors (Lipinski definition) is 0. The van der Waals surface area contributed by atoms with Crippen molar-refractivity contribution in [1.82, 2.24) is 4.37 Å². The van der Waals surface area contributed by atoms with E-state index in [0.29, 0.717) is 25.3 Å². The Bertz CT molecular complexity index is 541. The van der Waals surface area contributed by atoms with E-state index in [1.54, 1.807) is 4.90 Å². The minimum atomic E-state index is 0.118. The molecular formula is C13H15ClN2OS. The van der Waals surface area contributed by atoms with Gasteiger partial charge in [0.05, 0.1) is 5.52 Å². The number of fused-ring (bicyclic) bond motifs is 1. The highest BCUT2D eigenvalue weighted by Gasteiger charge is 2.18. The Kier molecular flexibility index (Phi) is 4.55. The van der Waals surface area contributed by atoms with Crippen LogP contribution in [0.2, 0.25) is 0 Å². The molecule has 0 atom stereocenters. The van der Waals surface area contributed by atoms with E-state index in [0.717, 1.165) is 15.9 Å². The zero-order chi connectivity index (χ0) is 13.0. The van der Waals surface area contributed by atoms with Crippen molar-refractivity contribution in [2.24, 2.45) is 0 Å². The van der Waals surface area contributed by atoms with E-state index in [9.17, 15) is 4.79 Å². The molecule has 96 valence electrons. The summed E-state index contributed by atoms with van der Waals surface area (Å²) in [6.07, 6.45) is 1.21. The predicted octanol–water partition coefficient (Wildman–Crippen LogP) is 3.67. The van der Waals surface area contributed by atoms with Crippen LogP contribution in [0.15, 0.2) is 24.3 Å². The van der Waals surface area contributed by atoms with Gasteiger partial charge in [0.15, 0.2) is 0 Å². The molecule has 1 amide bonds. The van der Waals surface area contributed by atoms with Gasteiger partial charge in [-0.05, 0) is 37.0 Å². The topological polar surface area (TPSA) is 33.2 Å². The number of carbonyl (C=O) groups is 1. The number of rotatable bonds is 5.